The number of aromatic amines is 1. The van der Waals surface area contributed by atoms with Gasteiger partial charge in [0.1, 0.15) is 11.6 Å². The zero-order valence-corrected chi connectivity index (χ0v) is 12.5. The van der Waals surface area contributed by atoms with Crippen molar-refractivity contribution in [1.29, 1.82) is 0 Å². The summed E-state index contributed by atoms with van der Waals surface area (Å²) in [5.74, 6) is 0.454. The van der Waals surface area contributed by atoms with Gasteiger partial charge in [0.15, 0.2) is 0 Å². The molecule has 0 atom stereocenters. The van der Waals surface area contributed by atoms with Gasteiger partial charge in [0.05, 0.1) is 15.5 Å². The van der Waals surface area contributed by atoms with E-state index in [0.29, 0.717) is 9.99 Å². The van der Waals surface area contributed by atoms with Gasteiger partial charge in [-0.25, -0.2) is 9.37 Å². The fraction of sp³-hybridized carbons (Fsp3) is 0. The van der Waals surface area contributed by atoms with E-state index < -0.39 is 0 Å². The summed E-state index contributed by atoms with van der Waals surface area (Å²) in [6.45, 7) is 0. The second-order valence-corrected chi connectivity index (χ2v) is 5.75. The Morgan fingerprint density at radius 2 is 1.81 bits per heavy atom. The highest BCUT2D eigenvalue weighted by Gasteiger charge is 2.10. The molecule has 0 saturated carbocycles. The number of aromatic nitrogens is 2. The van der Waals surface area contributed by atoms with Crippen molar-refractivity contribution < 1.29 is 4.39 Å². The lowest BCUT2D eigenvalue weighted by Crippen LogP contribution is -1.82. The summed E-state index contributed by atoms with van der Waals surface area (Å²) >= 11 is 3.19. The van der Waals surface area contributed by atoms with E-state index in [0.717, 1.165) is 27.7 Å². The van der Waals surface area contributed by atoms with Gasteiger partial charge in [-0.15, -0.1) is 0 Å². The fourth-order valence-electron chi connectivity index (χ4n) is 2.56. The lowest BCUT2D eigenvalue weighted by atomic mass is 10.0. The number of fused-ring (bicyclic) bond motifs is 2. The summed E-state index contributed by atoms with van der Waals surface area (Å²) in [5, 5.41) is 2.28. The SMILES string of the molecule is Fc1cc2[nH]c(-c3cccc4ccccc34)nc2cc1Br. The third kappa shape index (κ3) is 2.03. The first-order valence-corrected chi connectivity index (χ1v) is 7.34. The maximum absolute atomic E-state index is 13.6. The van der Waals surface area contributed by atoms with Gasteiger partial charge in [-0.1, -0.05) is 42.5 Å². The van der Waals surface area contributed by atoms with Crippen LogP contribution in [0.3, 0.4) is 0 Å². The summed E-state index contributed by atoms with van der Waals surface area (Å²) in [4.78, 5) is 7.78. The molecule has 0 aliphatic rings. The zero-order valence-electron chi connectivity index (χ0n) is 10.9. The van der Waals surface area contributed by atoms with Crippen LogP contribution in [-0.2, 0) is 0 Å². The van der Waals surface area contributed by atoms with E-state index in [9.17, 15) is 4.39 Å². The van der Waals surface area contributed by atoms with Crippen molar-refractivity contribution >= 4 is 37.7 Å². The zero-order chi connectivity index (χ0) is 14.4. The van der Waals surface area contributed by atoms with E-state index in [1.807, 2.05) is 24.3 Å². The Morgan fingerprint density at radius 3 is 2.71 bits per heavy atom. The third-order valence-corrected chi connectivity index (χ3v) is 4.18. The van der Waals surface area contributed by atoms with Crippen LogP contribution in [0.4, 0.5) is 4.39 Å². The molecule has 0 fully saturated rings. The molecule has 1 heterocycles. The van der Waals surface area contributed by atoms with E-state index in [2.05, 4.69) is 44.1 Å². The topological polar surface area (TPSA) is 28.7 Å². The normalized spacial score (nSPS) is 11.3. The van der Waals surface area contributed by atoms with Crippen LogP contribution >= 0.6 is 15.9 Å². The van der Waals surface area contributed by atoms with Crippen LogP contribution < -0.4 is 0 Å². The Hall–Kier alpha value is -2.20. The van der Waals surface area contributed by atoms with E-state index in [-0.39, 0.29) is 5.82 Å². The molecule has 0 spiro atoms. The minimum atomic E-state index is -0.296. The first-order chi connectivity index (χ1) is 10.2. The van der Waals surface area contributed by atoms with Gasteiger partial charge >= 0.3 is 0 Å². The third-order valence-electron chi connectivity index (χ3n) is 3.57. The highest BCUT2D eigenvalue weighted by atomic mass is 79.9. The second kappa shape index (κ2) is 4.67. The minimum absolute atomic E-state index is 0.296. The summed E-state index contributed by atoms with van der Waals surface area (Å²) < 4.78 is 14.0. The van der Waals surface area contributed by atoms with Gasteiger partial charge in [0.2, 0.25) is 0 Å². The van der Waals surface area contributed by atoms with Gasteiger partial charge in [0, 0.05) is 11.6 Å². The summed E-state index contributed by atoms with van der Waals surface area (Å²) in [6.07, 6.45) is 0. The van der Waals surface area contributed by atoms with Crippen LogP contribution in [0.1, 0.15) is 0 Å². The van der Waals surface area contributed by atoms with Gasteiger partial charge in [-0.05, 0) is 32.8 Å². The Kier molecular flexibility index (Phi) is 2.79. The molecule has 0 bridgehead atoms. The molecule has 4 rings (SSSR count). The van der Waals surface area contributed by atoms with Gasteiger partial charge in [0.25, 0.3) is 0 Å². The molecule has 102 valence electrons. The van der Waals surface area contributed by atoms with E-state index in [1.54, 1.807) is 6.07 Å². The highest BCUT2D eigenvalue weighted by Crippen LogP contribution is 2.29. The summed E-state index contributed by atoms with van der Waals surface area (Å²) in [5.41, 5.74) is 2.45. The number of H-pyrrole nitrogens is 1. The van der Waals surface area contributed by atoms with Crippen LogP contribution in [0.2, 0.25) is 0 Å². The minimum Gasteiger partial charge on any atom is -0.338 e. The smallest absolute Gasteiger partial charge is 0.139 e. The molecular weight excluding hydrogens is 331 g/mol. The molecule has 0 aliphatic heterocycles. The number of benzene rings is 3. The number of nitrogens with zero attached hydrogens (tertiary/aromatic N) is 1. The van der Waals surface area contributed by atoms with Gasteiger partial charge in [-0.2, -0.15) is 0 Å². The number of halogens is 2. The molecular formula is C17H10BrFN2. The largest absolute Gasteiger partial charge is 0.338 e. The molecule has 0 unspecified atom stereocenters. The maximum Gasteiger partial charge on any atom is 0.139 e. The van der Waals surface area contributed by atoms with Crippen molar-refractivity contribution in [3.05, 3.63) is 64.9 Å². The molecule has 1 N–H and O–H groups in total. The molecule has 1 aromatic heterocycles. The van der Waals surface area contributed by atoms with Crippen LogP contribution in [0.25, 0.3) is 33.2 Å². The van der Waals surface area contributed by atoms with E-state index >= 15 is 0 Å². The fourth-order valence-corrected chi connectivity index (χ4v) is 2.90. The number of rotatable bonds is 1. The van der Waals surface area contributed by atoms with Crippen LogP contribution in [0.5, 0.6) is 0 Å². The predicted molar refractivity (Wildman–Crippen MR) is 86.7 cm³/mol. The molecule has 4 heteroatoms. The van der Waals surface area contributed by atoms with Crippen molar-refractivity contribution in [2.75, 3.05) is 0 Å². The van der Waals surface area contributed by atoms with E-state index in [4.69, 9.17) is 0 Å². The van der Waals surface area contributed by atoms with Crippen LogP contribution in [-0.4, -0.2) is 9.97 Å². The molecule has 0 radical (unpaired) electrons. The molecule has 0 saturated heterocycles. The van der Waals surface area contributed by atoms with Crippen molar-refractivity contribution in [3.8, 4) is 11.4 Å². The number of hydrogen-bond donors (Lipinski definition) is 1. The predicted octanol–water partition coefficient (Wildman–Crippen LogP) is 5.28. The maximum atomic E-state index is 13.6. The van der Waals surface area contributed by atoms with Crippen molar-refractivity contribution in [1.82, 2.24) is 9.97 Å². The molecule has 21 heavy (non-hydrogen) atoms. The van der Waals surface area contributed by atoms with Crippen LogP contribution in [0.15, 0.2) is 59.1 Å². The Morgan fingerprint density at radius 1 is 1.00 bits per heavy atom. The van der Waals surface area contributed by atoms with Crippen molar-refractivity contribution in [2.45, 2.75) is 0 Å². The summed E-state index contributed by atoms with van der Waals surface area (Å²) in [7, 11) is 0. The Labute approximate surface area is 128 Å². The Bertz CT molecular complexity index is 931. The Balaban J connectivity index is 2.00. The van der Waals surface area contributed by atoms with Crippen molar-refractivity contribution in [3.63, 3.8) is 0 Å². The molecule has 2 nitrogen and oxygen atoms in total. The monoisotopic (exact) mass is 340 g/mol. The second-order valence-electron chi connectivity index (χ2n) is 4.90. The van der Waals surface area contributed by atoms with Gasteiger partial charge < -0.3 is 4.98 Å². The summed E-state index contributed by atoms with van der Waals surface area (Å²) in [6, 6.07) is 17.4. The van der Waals surface area contributed by atoms with Crippen LogP contribution in [0, 0.1) is 5.82 Å². The number of hydrogen-bond acceptors (Lipinski definition) is 1. The molecule has 4 aromatic rings. The first kappa shape index (κ1) is 12.5. The van der Waals surface area contributed by atoms with Crippen molar-refractivity contribution in [2.24, 2.45) is 0 Å². The standard InChI is InChI=1S/C17H10BrFN2/c18-13-8-15-16(9-14(13)19)21-17(20-15)12-7-3-5-10-4-1-2-6-11(10)12/h1-9H,(H,20,21). The number of imidazole rings is 1. The van der Waals surface area contributed by atoms with E-state index in [1.165, 1.54) is 6.07 Å². The average Bonchev–Trinajstić information content (AvgIpc) is 2.90. The first-order valence-electron chi connectivity index (χ1n) is 6.55. The lowest BCUT2D eigenvalue weighted by molar-refractivity contribution is 0.623. The highest BCUT2D eigenvalue weighted by molar-refractivity contribution is 9.10. The number of nitrogens with one attached hydrogen (secondary N) is 1. The quantitative estimate of drug-likeness (QED) is 0.501. The lowest BCUT2D eigenvalue weighted by Gasteiger charge is -2.03. The molecule has 3 aromatic carbocycles. The molecule has 0 amide bonds. The molecule has 0 aliphatic carbocycles. The average molecular weight is 341 g/mol. The van der Waals surface area contributed by atoms with Gasteiger partial charge in [-0.3, -0.25) is 0 Å².